The molecule has 0 radical (unpaired) electrons. The van der Waals surface area contributed by atoms with Crippen molar-refractivity contribution >= 4 is 0 Å². The minimum Gasteiger partial charge on any atom is -0.317 e. The van der Waals surface area contributed by atoms with Gasteiger partial charge in [0.2, 0.25) is 0 Å². The lowest BCUT2D eigenvalue weighted by Gasteiger charge is -2.05. The van der Waals surface area contributed by atoms with Gasteiger partial charge in [0.25, 0.3) is 0 Å². The Bertz CT molecular complexity index is 44.4. The second kappa shape index (κ2) is 9.96. The molecular formula is C10H23N. The number of rotatable bonds is 2. The third-order valence-corrected chi connectivity index (χ3v) is 2.00. The fraction of sp³-hybridized carbons (Fsp3) is 1.00. The van der Waals surface area contributed by atoms with Gasteiger partial charge in [0, 0.05) is 0 Å². The van der Waals surface area contributed by atoms with Crippen LogP contribution in [0.5, 0.6) is 0 Å². The van der Waals surface area contributed by atoms with Gasteiger partial charge in [-0.25, -0.2) is 0 Å². The van der Waals surface area contributed by atoms with Crippen LogP contribution >= 0.6 is 0 Å². The van der Waals surface area contributed by atoms with Crippen molar-refractivity contribution in [2.45, 2.75) is 52.4 Å². The molecule has 68 valence electrons. The molecule has 1 N–H and O–H groups in total. The van der Waals surface area contributed by atoms with Crippen LogP contribution in [0.2, 0.25) is 0 Å². The van der Waals surface area contributed by atoms with Gasteiger partial charge in [0.05, 0.1) is 0 Å². The van der Waals surface area contributed by atoms with E-state index in [0.29, 0.717) is 0 Å². The molecule has 0 atom stereocenters. The molecule has 0 amide bonds. The van der Waals surface area contributed by atoms with E-state index in [4.69, 9.17) is 0 Å². The minimum atomic E-state index is 1.09. The Morgan fingerprint density at radius 2 is 1.00 bits per heavy atom. The first-order chi connectivity index (χ1) is 5.41. The van der Waals surface area contributed by atoms with E-state index in [-0.39, 0.29) is 0 Å². The van der Waals surface area contributed by atoms with Gasteiger partial charge in [-0.05, 0) is 13.1 Å². The Hall–Kier alpha value is -0.0400. The van der Waals surface area contributed by atoms with Gasteiger partial charge in [0.15, 0.2) is 0 Å². The molecule has 11 heavy (non-hydrogen) atoms. The highest BCUT2D eigenvalue weighted by Crippen LogP contribution is 2.15. The number of hydrogen-bond donors (Lipinski definition) is 1. The topological polar surface area (TPSA) is 12.0 Å². The maximum Gasteiger partial charge on any atom is -0.00775 e. The summed E-state index contributed by atoms with van der Waals surface area (Å²) in [5.41, 5.74) is 0. The summed E-state index contributed by atoms with van der Waals surface area (Å²) in [4.78, 5) is 0. The van der Waals surface area contributed by atoms with Crippen LogP contribution in [0.25, 0.3) is 0 Å². The zero-order valence-electron chi connectivity index (χ0n) is 8.16. The van der Waals surface area contributed by atoms with Crippen LogP contribution < -0.4 is 5.32 Å². The van der Waals surface area contributed by atoms with Gasteiger partial charge >= 0.3 is 0 Å². The SMILES string of the molecule is C1CCCCC1.CCNCC. The normalized spacial score (nSPS) is 16.9. The van der Waals surface area contributed by atoms with Gasteiger partial charge in [-0.1, -0.05) is 52.4 Å². The van der Waals surface area contributed by atoms with Crippen LogP contribution in [0.3, 0.4) is 0 Å². The maximum atomic E-state index is 3.11. The summed E-state index contributed by atoms with van der Waals surface area (Å²) in [5.74, 6) is 0. The molecule has 0 aromatic rings. The Balaban J connectivity index is 0.000000187. The van der Waals surface area contributed by atoms with E-state index in [9.17, 15) is 0 Å². The molecule has 0 spiro atoms. The van der Waals surface area contributed by atoms with Crippen LogP contribution in [0.4, 0.5) is 0 Å². The molecule has 0 aromatic heterocycles. The van der Waals surface area contributed by atoms with Crippen molar-refractivity contribution in [1.29, 1.82) is 0 Å². The summed E-state index contributed by atoms with van der Waals surface area (Å²) in [6, 6.07) is 0. The first-order valence-electron chi connectivity index (χ1n) is 5.12. The molecule has 1 rings (SSSR count). The molecule has 1 aliphatic carbocycles. The van der Waals surface area contributed by atoms with Gasteiger partial charge in [-0.15, -0.1) is 0 Å². The van der Waals surface area contributed by atoms with Crippen LogP contribution in [-0.4, -0.2) is 13.1 Å². The first-order valence-corrected chi connectivity index (χ1v) is 5.12. The van der Waals surface area contributed by atoms with Crippen LogP contribution in [-0.2, 0) is 0 Å². The van der Waals surface area contributed by atoms with Crippen molar-refractivity contribution in [2.24, 2.45) is 0 Å². The largest absolute Gasteiger partial charge is 0.317 e. The van der Waals surface area contributed by atoms with Crippen molar-refractivity contribution < 1.29 is 0 Å². The average Bonchev–Trinajstić information content (AvgIpc) is 2.10. The number of hydrogen-bond acceptors (Lipinski definition) is 1. The van der Waals surface area contributed by atoms with Gasteiger partial charge in [-0.2, -0.15) is 0 Å². The zero-order chi connectivity index (χ0) is 8.36. The first kappa shape index (κ1) is 11.0. The summed E-state index contributed by atoms with van der Waals surface area (Å²) in [6.07, 6.45) is 9.00. The lowest BCUT2D eigenvalue weighted by Crippen LogP contribution is -2.09. The zero-order valence-corrected chi connectivity index (χ0v) is 8.16. The Labute approximate surface area is 71.6 Å². The van der Waals surface area contributed by atoms with E-state index in [1.807, 2.05) is 0 Å². The van der Waals surface area contributed by atoms with E-state index in [0.717, 1.165) is 13.1 Å². The molecule has 0 heterocycles. The summed E-state index contributed by atoms with van der Waals surface area (Å²) in [7, 11) is 0. The van der Waals surface area contributed by atoms with Gasteiger partial charge < -0.3 is 5.32 Å². The molecule has 1 fully saturated rings. The van der Waals surface area contributed by atoms with Crippen molar-refractivity contribution in [3.05, 3.63) is 0 Å². The quantitative estimate of drug-likeness (QED) is 0.650. The fourth-order valence-corrected chi connectivity index (χ4v) is 1.31. The molecule has 0 saturated heterocycles. The maximum absolute atomic E-state index is 3.11. The molecule has 0 aromatic carbocycles. The Morgan fingerprint density at radius 3 is 1.09 bits per heavy atom. The molecule has 1 aliphatic rings. The molecule has 0 bridgehead atoms. The third-order valence-electron chi connectivity index (χ3n) is 2.00. The highest BCUT2D eigenvalue weighted by molar-refractivity contribution is 4.51. The highest BCUT2D eigenvalue weighted by atomic mass is 14.8. The molecule has 1 saturated carbocycles. The van der Waals surface area contributed by atoms with E-state index < -0.39 is 0 Å². The van der Waals surface area contributed by atoms with E-state index in [1.54, 1.807) is 0 Å². The summed E-state index contributed by atoms with van der Waals surface area (Å²) < 4.78 is 0. The van der Waals surface area contributed by atoms with E-state index in [2.05, 4.69) is 19.2 Å². The second-order valence-corrected chi connectivity index (χ2v) is 3.08. The number of nitrogens with one attached hydrogen (secondary N) is 1. The standard InChI is InChI=1S/C6H12.C4H11N/c1-2-4-6-5-3-1;1-3-5-4-2/h1-6H2;5H,3-4H2,1-2H3. The van der Waals surface area contributed by atoms with Crippen molar-refractivity contribution in [1.82, 2.24) is 5.32 Å². The van der Waals surface area contributed by atoms with Crippen molar-refractivity contribution in [3.8, 4) is 0 Å². The molecule has 1 heteroatoms. The van der Waals surface area contributed by atoms with Crippen molar-refractivity contribution in [2.75, 3.05) is 13.1 Å². The molecular weight excluding hydrogens is 134 g/mol. The second-order valence-electron chi connectivity index (χ2n) is 3.08. The predicted molar refractivity (Wildman–Crippen MR) is 51.9 cm³/mol. The predicted octanol–water partition coefficient (Wildman–Crippen LogP) is 2.96. The van der Waals surface area contributed by atoms with Crippen molar-refractivity contribution in [3.63, 3.8) is 0 Å². The van der Waals surface area contributed by atoms with Crippen LogP contribution in [0.15, 0.2) is 0 Å². The third kappa shape index (κ3) is 9.96. The lowest BCUT2D eigenvalue weighted by atomic mass is 10.0. The van der Waals surface area contributed by atoms with Gasteiger partial charge in [0.1, 0.15) is 0 Å². The monoisotopic (exact) mass is 157 g/mol. The Kier molecular flexibility index (Phi) is 9.92. The Morgan fingerprint density at radius 1 is 0.727 bits per heavy atom. The van der Waals surface area contributed by atoms with Crippen LogP contribution in [0, 0.1) is 0 Å². The lowest BCUT2D eigenvalue weighted by molar-refractivity contribution is 0.504. The minimum absolute atomic E-state index is 1.09. The summed E-state index contributed by atoms with van der Waals surface area (Å²) >= 11 is 0. The average molecular weight is 157 g/mol. The van der Waals surface area contributed by atoms with Gasteiger partial charge in [-0.3, -0.25) is 0 Å². The highest BCUT2D eigenvalue weighted by Gasteiger charge is 1.95. The van der Waals surface area contributed by atoms with E-state index >= 15 is 0 Å². The smallest absolute Gasteiger partial charge is 0.00775 e. The summed E-state index contributed by atoms with van der Waals surface area (Å²) in [5, 5.41) is 3.11. The van der Waals surface area contributed by atoms with E-state index in [1.165, 1.54) is 38.5 Å². The molecule has 0 aliphatic heterocycles. The fourth-order valence-electron chi connectivity index (χ4n) is 1.31. The molecule has 0 unspecified atom stereocenters. The summed E-state index contributed by atoms with van der Waals surface area (Å²) in [6.45, 7) is 6.39. The molecule has 1 nitrogen and oxygen atoms in total. The van der Waals surface area contributed by atoms with Crippen LogP contribution in [0.1, 0.15) is 52.4 Å².